The van der Waals surface area contributed by atoms with Crippen LogP contribution in [0.3, 0.4) is 0 Å². The Hall–Kier alpha value is -3.37. The van der Waals surface area contributed by atoms with Crippen LogP contribution >= 0.6 is 24.0 Å². The summed E-state index contributed by atoms with van der Waals surface area (Å²) in [5, 5.41) is 3.32. The number of furan rings is 1. The molecule has 1 saturated heterocycles. The molecule has 2 aliphatic rings. The molecule has 1 fully saturated rings. The fourth-order valence-electron chi connectivity index (χ4n) is 4.18. The second kappa shape index (κ2) is 10.9. The number of nitrogens with zero attached hydrogens (tertiary/aromatic N) is 3. The van der Waals surface area contributed by atoms with Crippen LogP contribution in [0.2, 0.25) is 5.02 Å². The third-order valence-electron chi connectivity index (χ3n) is 5.84. The van der Waals surface area contributed by atoms with Crippen molar-refractivity contribution in [2.45, 2.75) is 0 Å². The van der Waals surface area contributed by atoms with Crippen LogP contribution in [0.1, 0.15) is 20.9 Å². The van der Waals surface area contributed by atoms with E-state index in [4.69, 9.17) is 16.0 Å². The normalized spacial score (nSPS) is 15.1. The van der Waals surface area contributed by atoms with E-state index < -0.39 is 0 Å². The molecule has 2 aromatic carbocycles. The van der Waals surface area contributed by atoms with Gasteiger partial charge in [-0.05, 0) is 42.5 Å². The summed E-state index contributed by atoms with van der Waals surface area (Å²) in [4.78, 5) is 44.1. The minimum Gasteiger partial charge on any atom is -0.459 e. The number of anilines is 3. The number of nitrogens with one attached hydrogen (secondary N) is 1. The van der Waals surface area contributed by atoms with Crippen LogP contribution in [0.15, 0.2) is 65.3 Å². The SMILES string of the molecule is Cl.O.O=C1Nc2cc(Cl)ccc2N(C(=O)CN2CCN(C(=O)c3ccco3)CC2)c2ccccc21. The van der Waals surface area contributed by atoms with E-state index in [0.717, 1.165) is 0 Å². The highest BCUT2D eigenvalue weighted by Gasteiger charge is 2.31. The van der Waals surface area contributed by atoms with E-state index in [9.17, 15) is 14.4 Å². The average Bonchev–Trinajstić information content (AvgIpc) is 3.32. The van der Waals surface area contributed by atoms with Gasteiger partial charge < -0.3 is 20.1 Å². The third-order valence-corrected chi connectivity index (χ3v) is 6.07. The van der Waals surface area contributed by atoms with Crippen molar-refractivity contribution in [2.75, 3.05) is 42.9 Å². The predicted molar refractivity (Wildman–Crippen MR) is 135 cm³/mol. The van der Waals surface area contributed by atoms with E-state index >= 15 is 0 Å². The molecule has 0 atom stereocenters. The quantitative estimate of drug-likeness (QED) is 0.570. The highest BCUT2D eigenvalue weighted by atomic mass is 35.5. The third kappa shape index (κ3) is 5.18. The van der Waals surface area contributed by atoms with Gasteiger partial charge in [-0.15, -0.1) is 12.4 Å². The molecule has 0 saturated carbocycles. The van der Waals surface area contributed by atoms with E-state index in [0.29, 0.717) is 59.6 Å². The molecule has 3 aromatic rings. The maximum atomic E-state index is 13.6. The number of hydrogen-bond donors (Lipinski definition) is 1. The molecule has 0 spiro atoms. The van der Waals surface area contributed by atoms with Crippen LogP contribution in [0.4, 0.5) is 17.1 Å². The summed E-state index contributed by atoms with van der Waals surface area (Å²) in [6.07, 6.45) is 1.48. The Bertz CT molecular complexity index is 1230. The summed E-state index contributed by atoms with van der Waals surface area (Å²) in [6.45, 7) is 2.25. The molecule has 5 rings (SSSR count). The number of carbonyl (C=O) groups is 3. The molecule has 11 heteroatoms. The molecule has 0 unspecified atom stereocenters. The van der Waals surface area contributed by atoms with Crippen molar-refractivity contribution in [3.8, 4) is 0 Å². The van der Waals surface area contributed by atoms with Gasteiger partial charge >= 0.3 is 0 Å². The highest BCUT2D eigenvalue weighted by Crippen LogP contribution is 2.39. The molecule has 3 amide bonds. The zero-order valence-electron chi connectivity index (χ0n) is 18.6. The van der Waals surface area contributed by atoms with Crippen LogP contribution in [0.25, 0.3) is 0 Å². The molecule has 9 nitrogen and oxygen atoms in total. The van der Waals surface area contributed by atoms with Crippen molar-refractivity contribution in [1.82, 2.24) is 9.80 Å². The number of hydrogen-bond acceptors (Lipinski definition) is 5. The summed E-state index contributed by atoms with van der Waals surface area (Å²) in [5.41, 5.74) is 1.97. The molecule has 0 radical (unpaired) electrons. The molecular weight excluding hydrogens is 495 g/mol. The van der Waals surface area contributed by atoms with Crippen molar-refractivity contribution in [1.29, 1.82) is 0 Å². The molecule has 35 heavy (non-hydrogen) atoms. The first-order valence-electron chi connectivity index (χ1n) is 10.6. The van der Waals surface area contributed by atoms with E-state index in [2.05, 4.69) is 5.32 Å². The summed E-state index contributed by atoms with van der Waals surface area (Å²) >= 11 is 6.15. The Labute approximate surface area is 212 Å². The lowest BCUT2D eigenvalue weighted by Crippen LogP contribution is -2.51. The number of piperazine rings is 1. The van der Waals surface area contributed by atoms with E-state index in [1.54, 1.807) is 64.4 Å². The average molecular weight is 519 g/mol. The van der Waals surface area contributed by atoms with Crippen molar-refractivity contribution in [2.24, 2.45) is 0 Å². The molecule has 184 valence electrons. The van der Waals surface area contributed by atoms with Crippen molar-refractivity contribution >= 4 is 58.8 Å². The summed E-state index contributed by atoms with van der Waals surface area (Å²) in [6, 6.07) is 15.4. The zero-order chi connectivity index (χ0) is 22.9. The Morgan fingerprint density at radius 1 is 0.971 bits per heavy atom. The lowest BCUT2D eigenvalue weighted by Gasteiger charge is -2.35. The predicted octanol–water partition coefficient (Wildman–Crippen LogP) is 3.22. The Morgan fingerprint density at radius 3 is 2.43 bits per heavy atom. The number of carbonyl (C=O) groups excluding carboxylic acids is 3. The number of amides is 3. The molecule has 3 heterocycles. The first kappa shape index (κ1) is 26.2. The monoisotopic (exact) mass is 518 g/mol. The van der Waals surface area contributed by atoms with Gasteiger partial charge in [0.2, 0.25) is 5.91 Å². The number of rotatable bonds is 3. The fourth-order valence-corrected chi connectivity index (χ4v) is 4.35. The lowest BCUT2D eigenvalue weighted by atomic mass is 10.1. The van der Waals surface area contributed by atoms with Gasteiger partial charge in [0.25, 0.3) is 11.8 Å². The summed E-state index contributed by atoms with van der Waals surface area (Å²) in [7, 11) is 0. The summed E-state index contributed by atoms with van der Waals surface area (Å²) in [5.74, 6) is -0.307. The first-order chi connectivity index (χ1) is 16.0. The summed E-state index contributed by atoms with van der Waals surface area (Å²) < 4.78 is 5.21. The van der Waals surface area contributed by atoms with Gasteiger partial charge in [-0.1, -0.05) is 23.7 Å². The minimum atomic E-state index is -0.297. The molecule has 0 bridgehead atoms. The standard InChI is InChI=1S/C24H21ClN4O4.ClH.H2O/c25-16-7-8-20-18(14-16)26-23(31)17-4-1-2-5-19(17)29(20)22(30)15-27-9-11-28(12-10-27)24(32)21-6-3-13-33-21;;/h1-8,13-14H,9-12,15H2,(H,26,31);1H;1H2. The zero-order valence-corrected chi connectivity index (χ0v) is 20.1. The lowest BCUT2D eigenvalue weighted by molar-refractivity contribution is -0.119. The van der Waals surface area contributed by atoms with Crippen molar-refractivity contribution < 1.29 is 24.3 Å². The Morgan fingerprint density at radius 2 is 1.71 bits per heavy atom. The smallest absolute Gasteiger partial charge is 0.289 e. The van der Waals surface area contributed by atoms with Gasteiger partial charge in [-0.3, -0.25) is 24.2 Å². The number of halogens is 2. The first-order valence-corrected chi connectivity index (χ1v) is 11.0. The van der Waals surface area contributed by atoms with Crippen LogP contribution in [0.5, 0.6) is 0 Å². The topological polar surface area (TPSA) is 118 Å². The van der Waals surface area contributed by atoms with Crippen molar-refractivity contribution in [3.05, 3.63) is 77.2 Å². The van der Waals surface area contributed by atoms with Gasteiger partial charge in [-0.25, -0.2) is 0 Å². The maximum Gasteiger partial charge on any atom is 0.289 e. The van der Waals surface area contributed by atoms with Gasteiger partial charge in [-0.2, -0.15) is 0 Å². The van der Waals surface area contributed by atoms with Gasteiger partial charge in [0, 0.05) is 31.2 Å². The number of benzene rings is 2. The fraction of sp³-hybridized carbons (Fsp3) is 0.208. The second-order valence-corrected chi connectivity index (χ2v) is 8.34. The van der Waals surface area contributed by atoms with E-state index in [-0.39, 0.29) is 42.1 Å². The molecule has 2 aliphatic heterocycles. The molecule has 3 N–H and O–H groups in total. The second-order valence-electron chi connectivity index (χ2n) is 7.91. The van der Waals surface area contributed by atoms with Crippen LogP contribution in [-0.2, 0) is 4.79 Å². The van der Waals surface area contributed by atoms with Crippen LogP contribution in [0, 0.1) is 0 Å². The van der Waals surface area contributed by atoms with E-state index in [1.165, 1.54) is 6.26 Å². The Balaban J connectivity index is 0.00000171. The van der Waals surface area contributed by atoms with Gasteiger partial charge in [0.1, 0.15) is 0 Å². The van der Waals surface area contributed by atoms with Crippen LogP contribution in [-0.4, -0.2) is 65.7 Å². The van der Waals surface area contributed by atoms with Gasteiger partial charge in [0.15, 0.2) is 5.76 Å². The highest BCUT2D eigenvalue weighted by molar-refractivity contribution is 6.31. The van der Waals surface area contributed by atoms with Crippen molar-refractivity contribution in [3.63, 3.8) is 0 Å². The largest absolute Gasteiger partial charge is 0.459 e. The van der Waals surface area contributed by atoms with Gasteiger partial charge in [0.05, 0.1) is 35.4 Å². The van der Waals surface area contributed by atoms with Crippen LogP contribution < -0.4 is 10.2 Å². The molecular formula is C24H24Cl2N4O5. The molecule has 1 aromatic heterocycles. The number of fused-ring (bicyclic) bond motifs is 2. The number of para-hydroxylation sites is 1. The van der Waals surface area contributed by atoms with E-state index in [1.807, 2.05) is 4.90 Å². The minimum absolute atomic E-state index is 0. The Kier molecular flexibility index (Phi) is 8.18. The maximum absolute atomic E-state index is 13.6. The molecule has 0 aliphatic carbocycles.